The van der Waals surface area contributed by atoms with Crippen LogP contribution in [0.4, 0.5) is 4.79 Å². The third-order valence-corrected chi connectivity index (χ3v) is 0.208. The van der Waals surface area contributed by atoms with Crippen molar-refractivity contribution < 1.29 is 14.4 Å². The number of hydroxylamine groups is 1. The van der Waals surface area contributed by atoms with Crippen LogP contribution in [0.5, 0.6) is 0 Å². The van der Waals surface area contributed by atoms with Crippen molar-refractivity contribution in [3.8, 4) is 0 Å². The topological polar surface area (TPSA) is 116 Å². The summed E-state index contributed by atoms with van der Waals surface area (Å²) in [7, 11) is 0. The lowest BCUT2D eigenvalue weighted by Gasteiger charge is -1.90. The van der Waals surface area contributed by atoms with Crippen molar-refractivity contribution in [1.29, 1.82) is 0 Å². The first-order valence-corrected chi connectivity index (χ1v) is 1.42. The monoisotopic (exact) mass is 121 g/mol. The lowest BCUT2D eigenvalue weighted by Crippen LogP contribution is -2.28. The molecule has 8 heavy (non-hydrogen) atoms. The van der Waals surface area contributed by atoms with Gasteiger partial charge in [0.25, 0.3) is 0 Å². The van der Waals surface area contributed by atoms with Gasteiger partial charge in [0.05, 0.1) is 0 Å². The summed E-state index contributed by atoms with van der Waals surface area (Å²) in [6.45, 7) is 0.0603. The Morgan fingerprint density at radius 1 is 1.75 bits per heavy atom. The predicted octanol–water partition coefficient (Wildman–Crippen LogP) is -1.10. The molecular weight excluding hydrogens is 114 g/mol. The molecule has 0 aromatic carbocycles. The summed E-state index contributed by atoms with van der Waals surface area (Å²) in [6, 6.07) is -0.896. The van der Waals surface area contributed by atoms with Gasteiger partial charge in [-0.05, 0) is 0 Å². The van der Waals surface area contributed by atoms with Gasteiger partial charge in [0.2, 0.25) is 0 Å². The molecule has 0 aromatic rings. The molecular formula is C2H7N3O3. The van der Waals surface area contributed by atoms with Crippen LogP contribution in [0, 0.1) is 0 Å². The first kappa shape index (κ1) is 9.85. The molecule has 0 unspecified atom stereocenters. The summed E-state index contributed by atoms with van der Waals surface area (Å²) >= 11 is 0. The Hall–Kier alpha value is -1.30. The van der Waals surface area contributed by atoms with E-state index in [4.69, 9.17) is 0 Å². The molecule has 6 heteroatoms. The maximum Gasteiger partial charge on any atom is 0.345 e. The fraction of sp³-hybridized carbons (Fsp3) is 0. The van der Waals surface area contributed by atoms with E-state index in [2.05, 4.69) is 10.6 Å². The third-order valence-electron chi connectivity index (χ3n) is 0.208. The highest BCUT2D eigenvalue weighted by atomic mass is 16.7. The highest BCUT2D eigenvalue weighted by Crippen LogP contribution is 1.51. The zero-order chi connectivity index (χ0) is 5.70. The average molecular weight is 121 g/mol. The van der Waals surface area contributed by atoms with E-state index in [1.807, 2.05) is 0 Å². The maximum atomic E-state index is 9.59. The molecule has 0 spiro atoms. The minimum absolute atomic E-state index is 0. The smallest absolute Gasteiger partial charge is 0.345 e. The van der Waals surface area contributed by atoms with Gasteiger partial charge in [-0.3, -0.25) is 4.79 Å². The van der Waals surface area contributed by atoms with E-state index in [9.17, 15) is 9.59 Å². The number of urea groups is 1. The Labute approximate surface area is 45.5 Å². The predicted molar refractivity (Wildman–Crippen MR) is 24.9 cm³/mol. The molecule has 6 N–H and O–H groups in total. The molecule has 0 saturated heterocycles. The number of nitrogens with two attached hydrogens (primary N) is 1. The molecule has 0 atom stereocenters. The van der Waals surface area contributed by atoms with E-state index in [0.29, 0.717) is 0 Å². The van der Waals surface area contributed by atoms with E-state index in [0.717, 1.165) is 0 Å². The Balaban J connectivity index is 0. The maximum absolute atomic E-state index is 9.59. The second kappa shape index (κ2) is 5.70. The number of hydrogen-bond acceptors (Lipinski definition) is 4. The lowest BCUT2D eigenvalue weighted by atomic mass is 11.2. The molecule has 0 aliphatic rings. The summed E-state index contributed by atoms with van der Waals surface area (Å²) in [6.07, 6.45) is 0. The Bertz CT molecular complexity index is 82.6. The van der Waals surface area contributed by atoms with Gasteiger partial charge in [0, 0.05) is 0 Å². The van der Waals surface area contributed by atoms with E-state index >= 15 is 0 Å². The quantitative estimate of drug-likeness (QED) is 0.317. The second-order valence-electron chi connectivity index (χ2n) is 0.680. The van der Waals surface area contributed by atoms with Gasteiger partial charge in [-0.25, -0.2) is 4.79 Å². The third kappa shape index (κ3) is 8.83. The summed E-state index contributed by atoms with van der Waals surface area (Å²) in [4.78, 5) is 22.5. The highest BCUT2D eigenvalue weighted by molar-refractivity contribution is 5.71. The number of amides is 2. The SMILES string of the molecule is N.NC(=O)NOC=O. The van der Waals surface area contributed by atoms with Crippen molar-refractivity contribution >= 4 is 12.5 Å². The van der Waals surface area contributed by atoms with Crippen molar-refractivity contribution in [1.82, 2.24) is 11.6 Å². The van der Waals surface area contributed by atoms with Gasteiger partial charge in [0.1, 0.15) is 0 Å². The number of nitrogens with one attached hydrogen (secondary N) is 1. The Morgan fingerprint density at radius 2 is 2.25 bits per heavy atom. The molecule has 0 aliphatic heterocycles. The minimum atomic E-state index is -0.896. The van der Waals surface area contributed by atoms with Crippen molar-refractivity contribution in [2.75, 3.05) is 0 Å². The van der Waals surface area contributed by atoms with Crippen LogP contribution in [0.3, 0.4) is 0 Å². The summed E-state index contributed by atoms with van der Waals surface area (Å²) in [5, 5.41) is 0. The largest absolute Gasteiger partial charge is 0.349 e. The molecule has 6 nitrogen and oxygen atoms in total. The van der Waals surface area contributed by atoms with E-state index in [1.165, 1.54) is 0 Å². The fourth-order valence-electron chi connectivity index (χ4n) is 0.0821. The summed E-state index contributed by atoms with van der Waals surface area (Å²) in [5.41, 5.74) is 6.01. The normalized spacial score (nSPS) is 6.00. The molecule has 0 saturated carbocycles. The number of primary amides is 1. The minimum Gasteiger partial charge on any atom is -0.349 e. The molecule has 0 rings (SSSR count). The van der Waals surface area contributed by atoms with E-state index in [-0.39, 0.29) is 12.6 Å². The second-order valence-corrected chi connectivity index (χ2v) is 0.680. The van der Waals surface area contributed by atoms with Crippen LogP contribution in [0.25, 0.3) is 0 Å². The van der Waals surface area contributed by atoms with Crippen LogP contribution in [0.2, 0.25) is 0 Å². The van der Waals surface area contributed by atoms with Crippen LogP contribution >= 0.6 is 0 Å². The zero-order valence-corrected chi connectivity index (χ0v) is 4.09. The van der Waals surface area contributed by atoms with E-state index < -0.39 is 6.03 Å². The zero-order valence-electron chi connectivity index (χ0n) is 4.09. The van der Waals surface area contributed by atoms with Gasteiger partial charge in [-0.1, -0.05) is 0 Å². The molecule has 0 radical (unpaired) electrons. The molecule has 48 valence electrons. The van der Waals surface area contributed by atoms with E-state index in [1.54, 1.807) is 5.48 Å². The fourth-order valence-corrected chi connectivity index (χ4v) is 0.0821. The standard InChI is InChI=1S/C2H4N2O3.H3N/c3-2(6)4-7-1-5;/h1H,(H3,3,4,6);1H3. The van der Waals surface area contributed by atoms with Gasteiger partial charge < -0.3 is 16.7 Å². The summed E-state index contributed by atoms with van der Waals surface area (Å²) in [5.74, 6) is 0. The lowest BCUT2D eigenvalue weighted by molar-refractivity contribution is -0.133. The first-order chi connectivity index (χ1) is 3.27. The molecule has 0 aromatic heterocycles. The highest BCUT2D eigenvalue weighted by Gasteiger charge is 1.83. The van der Waals surface area contributed by atoms with Crippen LogP contribution in [0.1, 0.15) is 0 Å². The molecule has 0 heterocycles. The van der Waals surface area contributed by atoms with Gasteiger partial charge in [-0.2, -0.15) is 5.48 Å². The van der Waals surface area contributed by atoms with Crippen LogP contribution in [0.15, 0.2) is 0 Å². The first-order valence-electron chi connectivity index (χ1n) is 1.42. The number of carbonyl (C=O) groups is 2. The van der Waals surface area contributed by atoms with Crippen LogP contribution in [-0.4, -0.2) is 12.5 Å². The number of rotatable bonds is 2. The molecule has 0 bridgehead atoms. The molecule has 2 amide bonds. The summed E-state index contributed by atoms with van der Waals surface area (Å²) < 4.78 is 0. The Kier molecular flexibility index (Phi) is 7.02. The van der Waals surface area contributed by atoms with Crippen molar-refractivity contribution in [2.24, 2.45) is 5.73 Å². The van der Waals surface area contributed by atoms with Crippen LogP contribution in [-0.2, 0) is 9.63 Å². The van der Waals surface area contributed by atoms with Gasteiger partial charge in [-0.15, -0.1) is 0 Å². The number of hydrogen-bond donors (Lipinski definition) is 3. The molecule has 0 aliphatic carbocycles. The van der Waals surface area contributed by atoms with Crippen molar-refractivity contribution in [3.05, 3.63) is 0 Å². The average Bonchev–Trinajstić information content (AvgIpc) is 1.61. The van der Waals surface area contributed by atoms with Gasteiger partial charge >= 0.3 is 12.5 Å². The van der Waals surface area contributed by atoms with Crippen molar-refractivity contribution in [2.45, 2.75) is 0 Å². The Morgan fingerprint density at radius 3 is 2.38 bits per heavy atom. The van der Waals surface area contributed by atoms with Crippen LogP contribution < -0.4 is 17.4 Å². The molecule has 0 fully saturated rings. The number of carbonyl (C=O) groups excluding carboxylic acids is 2. The van der Waals surface area contributed by atoms with Gasteiger partial charge in [0.15, 0.2) is 0 Å². The van der Waals surface area contributed by atoms with Crippen molar-refractivity contribution in [3.63, 3.8) is 0 Å².